The molecule has 0 aromatic heterocycles. The minimum atomic E-state index is -0.864. The summed E-state index contributed by atoms with van der Waals surface area (Å²) in [5.74, 6) is -1.31. The smallest absolute Gasteiger partial charge is 0.314 e. The largest absolute Gasteiger partial charge is 0.446 e. The Hall–Kier alpha value is -2.76. The van der Waals surface area contributed by atoms with Crippen LogP contribution in [0.25, 0.3) is 0 Å². The standard InChI is InChI=1S/C14H10FNO4/c1-9-5-6-13(10(7-9)8-17)20-14-11(15)3-2-4-12(14)16(18)19/h2-8H,1H3. The van der Waals surface area contributed by atoms with Crippen LogP contribution >= 0.6 is 0 Å². The van der Waals surface area contributed by atoms with E-state index >= 15 is 0 Å². The molecule has 0 N–H and O–H groups in total. The van der Waals surface area contributed by atoms with Gasteiger partial charge in [-0.15, -0.1) is 0 Å². The monoisotopic (exact) mass is 275 g/mol. The zero-order valence-corrected chi connectivity index (χ0v) is 10.5. The third kappa shape index (κ3) is 2.64. The predicted molar refractivity (Wildman–Crippen MR) is 69.7 cm³/mol. The van der Waals surface area contributed by atoms with Gasteiger partial charge in [0.1, 0.15) is 5.75 Å². The van der Waals surface area contributed by atoms with E-state index in [4.69, 9.17) is 4.74 Å². The first-order valence-corrected chi connectivity index (χ1v) is 5.69. The van der Waals surface area contributed by atoms with Crippen molar-refractivity contribution in [3.05, 3.63) is 63.5 Å². The number of halogens is 1. The number of ether oxygens (including phenoxy) is 1. The van der Waals surface area contributed by atoms with Crippen LogP contribution in [0.3, 0.4) is 0 Å². The Morgan fingerprint density at radius 3 is 2.70 bits per heavy atom. The lowest BCUT2D eigenvalue weighted by Gasteiger charge is -2.09. The van der Waals surface area contributed by atoms with Gasteiger partial charge in [0.25, 0.3) is 0 Å². The highest BCUT2D eigenvalue weighted by Crippen LogP contribution is 2.34. The van der Waals surface area contributed by atoms with E-state index in [0.29, 0.717) is 6.29 Å². The first-order valence-electron chi connectivity index (χ1n) is 5.69. The molecular weight excluding hydrogens is 265 g/mol. The number of carbonyl (C=O) groups is 1. The van der Waals surface area contributed by atoms with Crippen LogP contribution in [0.15, 0.2) is 36.4 Å². The summed E-state index contributed by atoms with van der Waals surface area (Å²) in [6, 6.07) is 8.08. The summed E-state index contributed by atoms with van der Waals surface area (Å²) in [7, 11) is 0. The van der Waals surface area contributed by atoms with E-state index in [1.807, 2.05) is 0 Å². The number of benzene rings is 2. The fourth-order valence-corrected chi connectivity index (χ4v) is 1.71. The van der Waals surface area contributed by atoms with Gasteiger partial charge < -0.3 is 4.74 Å². The maximum atomic E-state index is 13.7. The van der Waals surface area contributed by atoms with E-state index < -0.39 is 22.2 Å². The number of hydrogen-bond donors (Lipinski definition) is 0. The molecule has 6 heteroatoms. The molecule has 0 atom stereocenters. The van der Waals surface area contributed by atoms with Crippen LogP contribution in [-0.4, -0.2) is 11.2 Å². The second-order valence-corrected chi connectivity index (χ2v) is 4.11. The average molecular weight is 275 g/mol. The summed E-state index contributed by atoms with van der Waals surface area (Å²) < 4.78 is 18.9. The summed E-state index contributed by atoms with van der Waals surface area (Å²) in [6.07, 6.45) is 0.551. The molecule has 102 valence electrons. The highest BCUT2D eigenvalue weighted by molar-refractivity contribution is 5.80. The van der Waals surface area contributed by atoms with Gasteiger partial charge in [0.2, 0.25) is 5.75 Å². The summed E-state index contributed by atoms with van der Waals surface area (Å²) >= 11 is 0. The van der Waals surface area contributed by atoms with Crippen LogP contribution in [0.2, 0.25) is 0 Å². The second kappa shape index (κ2) is 5.48. The highest BCUT2D eigenvalue weighted by Gasteiger charge is 2.21. The molecule has 0 saturated carbocycles. The summed E-state index contributed by atoms with van der Waals surface area (Å²) in [4.78, 5) is 21.1. The van der Waals surface area contributed by atoms with E-state index in [2.05, 4.69) is 0 Å². The maximum absolute atomic E-state index is 13.7. The van der Waals surface area contributed by atoms with Crippen LogP contribution in [0.4, 0.5) is 10.1 Å². The van der Waals surface area contributed by atoms with E-state index in [9.17, 15) is 19.3 Å². The molecule has 2 aromatic rings. The lowest BCUT2D eigenvalue weighted by atomic mass is 10.1. The first kappa shape index (κ1) is 13.7. The number of rotatable bonds is 4. The van der Waals surface area contributed by atoms with Crippen LogP contribution in [0.1, 0.15) is 15.9 Å². The molecule has 2 rings (SSSR count). The van der Waals surface area contributed by atoms with Gasteiger partial charge in [-0.1, -0.05) is 17.7 Å². The predicted octanol–water partition coefficient (Wildman–Crippen LogP) is 3.65. The second-order valence-electron chi connectivity index (χ2n) is 4.11. The zero-order valence-electron chi connectivity index (χ0n) is 10.5. The van der Waals surface area contributed by atoms with Crippen molar-refractivity contribution in [2.45, 2.75) is 6.92 Å². The molecule has 0 saturated heterocycles. The van der Waals surface area contributed by atoms with Crippen LogP contribution in [-0.2, 0) is 0 Å². The van der Waals surface area contributed by atoms with Crippen molar-refractivity contribution in [3.63, 3.8) is 0 Å². The lowest BCUT2D eigenvalue weighted by Crippen LogP contribution is -1.98. The van der Waals surface area contributed by atoms with Crippen molar-refractivity contribution < 1.29 is 18.8 Å². The quantitative estimate of drug-likeness (QED) is 0.485. The van der Waals surface area contributed by atoms with Crippen molar-refractivity contribution in [1.29, 1.82) is 0 Å². The molecule has 5 nitrogen and oxygen atoms in total. The van der Waals surface area contributed by atoms with Crippen LogP contribution in [0, 0.1) is 22.9 Å². The van der Waals surface area contributed by atoms with E-state index in [1.54, 1.807) is 19.1 Å². The fraction of sp³-hybridized carbons (Fsp3) is 0.0714. The minimum absolute atomic E-state index is 0.0683. The number of aldehydes is 1. The molecule has 0 bridgehead atoms. The van der Waals surface area contributed by atoms with Gasteiger partial charge in [0.05, 0.1) is 10.5 Å². The lowest BCUT2D eigenvalue weighted by molar-refractivity contribution is -0.385. The third-order valence-corrected chi connectivity index (χ3v) is 2.65. The molecule has 0 aliphatic rings. The molecule has 0 unspecified atom stereocenters. The van der Waals surface area contributed by atoms with Gasteiger partial charge in [0, 0.05) is 6.07 Å². The van der Waals surface area contributed by atoms with Crippen LogP contribution < -0.4 is 4.74 Å². The Kier molecular flexibility index (Phi) is 3.74. The third-order valence-electron chi connectivity index (χ3n) is 2.65. The van der Waals surface area contributed by atoms with Gasteiger partial charge in [0.15, 0.2) is 12.1 Å². The van der Waals surface area contributed by atoms with Crippen molar-refractivity contribution in [2.75, 3.05) is 0 Å². The van der Waals surface area contributed by atoms with Crippen molar-refractivity contribution in [2.24, 2.45) is 0 Å². The summed E-state index contributed by atoms with van der Waals surface area (Å²) in [5, 5.41) is 10.9. The molecule has 20 heavy (non-hydrogen) atoms. The van der Waals surface area contributed by atoms with Gasteiger partial charge >= 0.3 is 5.69 Å². The molecule has 0 fully saturated rings. The Bertz CT molecular complexity index is 685. The molecule has 0 aliphatic carbocycles. The number of para-hydroxylation sites is 1. The maximum Gasteiger partial charge on any atom is 0.314 e. The fourth-order valence-electron chi connectivity index (χ4n) is 1.71. The Morgan fingerprint density at radius 1 is 1.30 bits per heavy atom. The molecule has 0 spiro atoms. The summed E-state index contributed by atoms with van der Waals surface area (Å²) in [6.45, 7) is 1.78. The SMILES string of the molecule is Cc1ccc(Oc2c(F)cccc2[N+](=O)[O-])c(C=O)c1. The van der Waals surface area contributed by atoms with Crippen molar-refractivity contribution in [1.82, 2.24) is 0 Å². The minimum Gasteiger partial charge on any atom is -0.446 e. The first-order chi connectivity index (χ1) is 9.52. The molecule has 0 aliphatic heterocycles. The molecule has 0 heterocycles. The number of nitro groups is 1. The Morgan fingerprint density at radius 2 is 2.05 bits per heavy atom. The Balaban J connectivity index is 2.50. The van der Waals surface area contributed by atoms with Gasteiger partial charge in [-0.3, -0.25) is 14.9 Å². The van der Waals surface area contributed by atoms with E-state index in [1.165, 1.54) is 12.1 Å². The number of nitro benzene ring substituents is 1. The van der Waals surface area contributed by atoms with Gasteiger partial charge in [-0.2, -0.15) is 0 Å². The molecule has 0 radical (unpaired) electrons. The number of carbonyl (C=O) groups excluding carboxylic acids is 1. The van der Waals surface area contributed by atoms with Gasteiger partial charge in [-0.25, -0.2) is 4.39 Å². The molecule has 2 aromatic carbocycles. The van der Waals surface area contributed by atoms with E-state index in [0.717, 1.165) is 17.7 Å². The van der Waals surface area contributed by atoms with Gasteiger partial charge in [-0.05, 0) is 25.1 Å². The zero-order chi connectivity index (χ0) is 14.7. The van der Waals surface area contributed by atoms with Crippen molar-refractivity contribution >= 4 is 12.0 Å². The number of nitrogens with zero attached hydrogens (tertiary/aromatic N) is 1. The average Bonchev–Trinajstić information content (AvgIpc) is 2.42. The molecular formula is C14H10FNO4. The van der Waals surface area contributed by atoms with E-state index in [-0.39, 0.29) is 11.3 Å². The summed E-state index contributed by atoms with van der Waals surface area (Å²) in [5.41, 5.74) is 0.521. The highest BCUT2D eigenvalue weighted by atomic mass is 19.1. The number of hydrogen-bond acceptors (Lipinski definition) is 4. The van der Waals surface area contributed by atoms with Crippen LogP contribution in [0.5, 0.6) is 11.5 Å². The van der Waals surface area contributed by atoms with Crippen molar-refractivity contribution in [3.8, 4) is 11.5 Å². The Labute approximate surface area is 113 Å². The topological polar surface area (TPSA) is 69.4 Å². The number of aryl methyl sites for hydroxylation is 1. The normalized spacial score (nSPS) is 10.1. The molecule has 0 amide bonds.